The average molecular weight is 1300 g/mol. The molecule has 0 aliphatic rings. The van der Waals surface area contributed by atoms with Gasteiger partial charge in [0.05, 0.1) is 89.9 Å². The summed E-state index contributed by atoms with van der Waals surface area (Å²) in [4.78, 5) is 175. The van der Waals surface area contributed by atoms with Gasteiger partial charge in [0.25, 0.3) is 0 Å². The summed E-state index contributed by atoms with van der Waals surface area (Å²) in [5.74, 6) is -13.4. The van der Waals surface area contributed by atoms with Gasteiger partial charge in [-0.1, -0.05) is 121 Å². The number of esters is 13. The van der Waals surface area contributed by atoms with E-state index in [1.807, 2.05) is 0 Å². The highest BCUT2D eigenvalue weighted by molar-refractivity contribution is 5.81. The molecule has 0 amide bonds. The number of carboxylic acids is 1. The summed E-state index contributed by atoms with van der Waals surface area (Å²) < 4.78 is 67.5. The predicted molar refractivity (Wildman–Crippen MR) is 313 cm³/mol. The molecule has 1 N–H and O–H groups in total. The van der Waals surface area contributed by atoms with Gasteiger partial charge >= 0.3 is 83.6 Å². The molecule has 0 aliphatic carbocycles. The number of benzene rings is 4. The molecular weight excluding hydrogens is 1230 g/mol. The van der Waals surface area contributed by atoms with Gasteiger partial charge in [-0.15, -0.1) is 0 Å². The quantitative estimate of drug-likeness (QED) is 0.0422. The van der Waals surface area contributed by atoms with Crippen LogP contribution in [0, 0.1) is 0 Å². The summed E-state index contributed by atoms with van der Waals surface area (Å²) in [5.41, 5.74) is 2.83. The summed E-state index contributed by atoms with van der Waals surface area (Å²) in [6.07, 6.45) is -11.9. The largest absolute Gasteiger partial charge is 0.481 e. The van der Waals surface area contributed by atoms with Crippen LogP contribution in [0.1, 0.15) is 112 Å². The van der Waals surface area contributed by atoms with Gasteiger partial charge in [-0.2, -0.15) is 0 Å². The molecule has 93 heavy (non-hydrogen) atoms. The normalized spacial score (nSPS) is 10.6. The van der Waals surface area contributed by atoms with Crippen LogP contribution in [0.25, 0.3) is 0 Å². The zero-order valence-corrected chi connectivity index (χ0v) is 50.7. The molecule has 0 unspecified atom stereocenters. The number of hydrogen-bond acceptors (Lipinski definition) is 27. The van der Waals surface area contributed by atoms with E-state index < -0.39 is 206 Å². The lowest BCUT2D eigenvalue weighted by Gasteiger charge is -2.19. The second-order valence-corrected chi connectivity index (χ2v) is 19.9. The molecule has 0 saturated carbocycles. The van der Waals surface area contributed by atoms with Crippen LogP contribution in [0.2, 0.25) is 0 Å². The van der Waals surface area contributed by atoms with Crippen LogP contribution >= 0.6 is 0 Å². The molecule has 0 bridgehead atoms. The van der Waals surface area contributed by atoms with E-state index in [0.717, 1.165) is 0 Å². The monoisotopic (exact) mass is 1300 g/mol. The molecule has 0 aliphatic heterocycles. The van der Waals surface area contributed by atoms with Gasteiger partial charge < -0.3 is 66.7 Å². The lowest BCUT2D eigenvalue weighted by molar-refractivity contribution is -0.170. The zero-order valence-electron chi connectivity index (χ0n) is 50.7. The molecule has 0 radical (unpaired) electrons. The number of carboxylic acid groups (broad SMARTS) is 1. The standard InChI is InChI=1S/C65H72O28/c66-52(67)21-22-63(78)91-49(39-89-61(76)31-33-64(79)92-50(41-85-57(72)27-23-53(68)81-35-45-13-5-1-6-14-45)42-86-58(73)28-24-54(69)82-36-46-15-7-2-8-16-46)40-90-62(77)32-34-65(80)93-51(43-87-59(74)29-25-55(70)83-37-47-17-9-3-10-18-47)44-88-60(75)30-26-56(71)84-38-48-19-11-4-12-20-48/h1-20,49-51H,21-44H2,(H,66,67). The second-order valence-electron chi connectivity index (χ2n) is 19.9. The van der Waals surface area contributed by atoms with Gasteiger partial charge in [0.15, 0.2) is 18.3 Å². The maximum absolute atomic E-state index is 13.0. The molecule has 28 nitrogen and oxygen atoms in total. The Balaban J connectivity index is 1.27. The van der Waals surface area contributed by atoms with Crippen LogP contribution in [0.4, 0.5) is 0 Å². The smallest absolute Gasteiger partial charge is 0.306 e. The van der Waals surface area contributed by atoms with Crippen molar-refractivity contribution in [3.8, 4) is 0 Å². The van der Waals surface area contributed by atoms with Crippen LogP contribution in [-0.4, -0.2) is 147 Å². The zero-order chi connectivity index (χ0) is 67.4. The molecule has 0 saturated heterocycles. The lowest BCUT2D eigenvalue weighted by Crippen LogP contribution is -2.32. The first kappa shape index (κ1) is 74.9. The fourth-order valence-corrected chi connectivity index (χ4v) is 7.31. The van der Waals surface area contributed by atoms with Crippen molar-refractivity contribution < 1.29 is 134 Å². The Kier molecular flexibility index (Phi) is 35.5. The second kappa shape index (κ2) is 44.0. The van der Waals surface area contributed by atoms with Crippen molar-refractivity contribution in [2.24, 2.45) is 0 Å². The summed E-state index contributed by atoms with van der Waals surface area (Å²) in [6.45, 7) is -4.59. The van der Waals surface area contributed by atoms with Crippen LogP contribution in [0.5, 0.6) is 0 Å². The first-order valence-corrected chi connectivity index (χ1v) is 29.3. The van der Waals surface area contributed by atoms with Gasteiger partial charge in [0.1, 0.15) is 66.1 Å². The third kappa shape index (κ3) is 36.7. The summed E-state index contributed by atoms with van der Waals surface area (Å²) in [5, 5.41) is 9.06. The molecule has 0 aromatic heterocycles. The fraction of sp³-hybridized carbons (Fsp3) is 0.415. The lowest BCUT2D eigenvalue weighted by atomic mass is 10.2. The van der Waals surface area contributed by atoms with Crippen LogP contribution < -0.4 is 0 Å². The van der Waals surface area contributed by atoms with Crippen molar-refractivity contribution in [1.82, 2.24) is 0 Å². The van der Waals surface area contributed by atoms with Gasteiger partial charge in [0, 0.05) is 0 Å². The van der Waals surface area contributed by atoms with Crippen LogP contribution in [0.15, 0.2) is 121 Å². The molecule has 4 rings (SSSR count). The molecule has 4 aromatic rings. The molecular formula is C65H72O28. The average Bonchev–Trinajstić information content (AvgIpc) is 3.41. The highest BCUT2D eigenvalue weighted by atomic mass is 16.6. The first-order valence-electron chi connectivity index (χ1n) is 29.3. The maximum atomic E-state index is 13.0. The van der Waals surface area contributed by atoms with E-state index in [1.165, 1.54) is 0 Å². The highest BCUT2D eigenvalue weighted by Crippen LogP contribution is 2.13. The van der Waals surface area contributed by atoms with Crippen molar-refractivity contribution in [3.63, 3.8) is 0 Å². The number of rotatable bonds is 44. The minimum Gasteiger partial charge on any atom is -0.481 e. The van der Waals surface area contributed by atoms with Gasteiger partial charge in [-0.05, 0) is 22.3 Å². The van der Waals surface area contributed by atoms with Gasteiger partial charge in [-0.25, -0.2) is 0 Å². The number of hydrogen-bond donors (Lipinski definition) is 1. The van der Waals surface area contributed by atoms with E-state index in [9.17, 15) is 67.1 Å². The van der Waals surface area contributed by atoms with E-state index in [0.29, 0.717) is 22.3 Å². The Hall–Kier alpha value is -10.5. The van der Waals surface area contributed by atoms with Crippen molar-refractivity contribution in [2.45, 2.75) is 135 Å². The van der Waals surface area contributed by atoms with E-state index in [1.54, 1.807) is 121 Å². The highest BCUT2D eigenvalue weighted by Gasteiger charge is 2.26. The van der Waals surface area contributed by atoms with Crippen molar-refractivity contribution in [1.29, 1.82) is 0 Å². The van der Waals surface area contributed by atoms with Gasteiger partial charge in [-0.3, -0.25) is 67.1 Å². The number of carbonyl (C=O) groups is 14. The fourth-order valence-electron chi connectivity index (χ4n) is 7.31. The Morgan fingerprint density at radius 1 is 0.226 bits per heavy atom. The van der Waals surface area contributed by atoms with Crippen molar-refractivity contribution in [3.05, 3.63) is 144 Å². The molecule has 500 valence electrons. The van der Waals surface area contributed by atoms with E-state index in [4.69, 9.17) is 66.7 Å². The van der Waals surface area contributed by atoms with Crippen molar-refractivity contribution in [2.75, 3.05) is 39.6 Å². The third-order valence-electron chi connectivity index (χ3n) is 12.2. The van der Waals surface area contributed by atoms with Gasteiger partial charge in [0.2, 0.25) is 0 Å². The van der Waals surface area contributed by atoms with Crippen LogP contribution in [0.3, 0.4) is 0 Å². The minimum atomic E-state index is -1.58. The maximum Gasteiger partial charge on any atom is 0.306 e. The summed E-state index contributed by atoms with van der Waals surface area (Å²) >= 11 is 0. The third-order valence-corrected chi connectivity index (χ3v) is 12.2. The molecule has 0 heterocycles. The minimum absolute atomic E-state index is 0.0429. The van der Waals surface area contributed by atoms with Crippen LogP contribution in [-0.2, 0) is 155 Å². The summed E-state index contributed by atoms with van der Waals surface area (Å²) in [6, 6.07) is 35.0. The molecule has 0 spiro atoms. The van der Waals surface area contributed by atoms with E-state index in [-0.39, 0.29) is 52.1 Å². The van der Waals surface area contributed by atoms with Crippen molar-refractivity contribution >= 4 is 83.6 Å². The Labute approximate surface area is 533 Å². The predicted octanol–water partition coefficient (Wildman–Crippen LogP) is 5.50. The number of ether oxygens (including phenoxy) is 13. The van der Waals surface area contributed by atoms with E-state index >= 15 is 0 Å². The molecule has 0 fully saturated rings. The SMILES string of the molecule is O=C(O)CCC(=O)OC(COC(=O)CCC(=O)OC(COC(=O)CCC(=O)OCc1ccccc1)COC(=O)CCC(=O)OCc1ccccc1)COC(=O)CCC(=O)OC(COC(=O)CCC(=O)OCc1ccccc1)COC(=O)CCC(=O)OCc1ccccc1. The molecule has 0 atom stereocenters. The Morgan fingerprint density at radius 2 is 0.387 bits per heavy atom. The number of aliphatic carboxylic acids is 1. The molecule has 4 aromatic carbocycles. The summed E-state index contributed by atoms with van der Waals surface area (Å²) in [7, 11) is 0. The number of carbonyl (C=O) groups excluding carboxylic acids is 13. The topological polar surface area (TPSA) is 379 Å². The molecule has 28 heteroatoms. The van der Waals surface area contributed by atoms with E-state index in [2.05, 4.69) is 0 Å². The Bertz CT molecular complexity index is 2720. The first-order chi connectivity index (χ1) is 44.8. The Morgan fingerprint density at radius 3 is 0.570 bits per heavy atom.